The van der Waals surface area contributed by atoms with Crippen LogP contribution in [0.15, 0.2) is 24.3 Å². The van der Waals surface area contributed by atoms with Gasteiger partial charge in [0.15, 0.2) is 0 Å². The van der Waals surface area contributed by atoms with Crippen molar-refractivity contribution in [2.75, 3.05) is 0 Å². The Morgan fingerprint density at radius 1 is 1.31 bits per heavy atom. The number of benzene rings is 1. The Labute approximate surface area is 94.7 Å². The van der Waals surface area contributed by atoms with Crippen molar-refractivity contribution in [1.82, 2.24) is 0 Å². The third-order valence-electron chi connectivity index (χ3n) is 3.37. The van der Waals surface area contributed by atoms with Gasteiger partial charge in [-0.15, -0.1) is 0 Å². The van der Waals surface area contributed by atoms with Gasteiger partial charge in [0.1, 0.15) is 0 Å². The van der Waals surface area contributed by atoms with Crippen molar-refractivity contribution in [3.05, 3.63) is 35.4 Å². The minimum Gasteiger partial charge on any atom is -0.323 e. The van der Waals surface area contributed by atoms with Gasteiger partial charge < -0.3 is 5.73 Å². The van der Waals surface area contributed by atoms with E-state index >= 15 is 0 Å². The first-order valence-corrected chi connectivity index (χ1v) is 5.80. The van der Waals surface area contributed by atoms with Crippen molar-refractivity contribution < 1.29 is 8.78 Å². The predicted octanol–water partition coefficient (Wildman–Crippen LogP) is 3.09. The third kappa shape index (κ3) is 2.40. The summed E-state index contributed by atoms with van der Waals surface area (Å²) in [5.41, 5.74) is 7.99. The predicted molar refractivity (Wildman–Crippen MR) is 60.7 cm³/mol. The summed E-state index contributed by atoms with van der Waals surface area (Å²) < 4.78 is 24.9. The fraction of sp³-hybridized carbons (Fsp3) is 0.538. The molecule has 88 valence electrons. The Hall–Kier alpha value is -0.960. The zero-order chi connectivity index (χ0) is 11.5. The lowest BCUT2D eigenvalue weighted by Crippen LogP contribution is -2.31. The highest BCUT2D eigenvalue weighted by Gasteiger charge is 2.25. The maximum absolute atomic E-state index is 12.4. The van der Waals surface area contributed by atoms with E-state index in [4.69, 9.17) is 5.73 Å². The molecule has 0 fully saturated rings. The van der Waals surface area contributed by atoms with Gasteiger partial charge in [-0.05, 0) is 42.7 Å². The van der Waals surface area contributed by atoms with Gasteiger partial charge in [-0.2, -0.15) is 0 Å². The molecule has 3 heteroatoms. The normalized spacial score (nSPS) is 21.9. The van der Waals surface area contributed by atoms with Crippen LogP contribution in [0.25, 0.3) is 0 Å². The molecule has 2 N–H and O–H groups in total. The fourth-order valence-corrected chi connectivity index (χ4v) is 2.53. The lowest BCUT2D eigenvalue weighted by molar-refractivity contribution is 0.107. The van der Waals surface area contributed by atoms with Crippen molar-refractivity contribution in [2.45, 2.75) is 44.1 Å². The number of alkyl halides is 2. The van der Waals surface area contributed by atoms with E-state index < -0.39 is 12.5 Å². The molecule has 0 bridgehead atoms. The van der Waals surface area contributed by atoms with Crippen LogP contribution in [0.1, 0.15) is 36.3 Å². The molecule has 2 unspecified atom stereocenters. The van der Waals surface area contributed by atoms with Crippen LogP contribution >= 0.6 is 0 Å². The SMILES string of the molecule is NC(CC1CCCc2ccccc21)C(F)F. The highest BCUT2D eigenvalue weighted by molar-refractivity contribution is 5.32. The fourth-order valence-electron chi connectivity index (χ4n) is 2.53. The number of nitrogens with two attached hydrogens (primary N) is 1. The minimum absolute atomic E-state index is 0.217. The summed E-state index contributed by atoms with van der Waals surface area (Å²) >= 11 is 0. The molecule has 0 aromatic heterocycles. The molecule has 1 aromatic rings. The zero-order valence-corrected chi connectivity index (χ0v) is 9.20. The zero-order valence-electron chi connectivity index (χ0n) is 9.20. The molecule has 1 aromatic carbocycles. The van der Waals surface area contributed by atoms with Crippen molar-refractivity contribution >= 4 is 0 Å². The van der Waals surface area contributed by atoms with E-state index in [0.29, 0.717) is 6.42 Å². The van der Waals surface area contributed by atoms with Crippen LogP contribution in [0.2, 0.25) is 0 Å². The van der Waals surface area contributed by atoms with E-state index in [1.54, 1.807) is 0 Å². The summed E-state index contributed by atoms with van der Waals surface area (Å²) in [6, 6.07) is 7.14. The van der Waals surface area contributed by atoms with E-state index in [2.05, 4.69) is 12.1 Å². The third-order valence-corrected chi connectivity index (χ3v) is 3.37. The van der Waals surface area contributed by atoms with Gasteiger partial charge in [-0.3, -0.25) is 0 Å². The number of rotatable bonds is 3. The standard InChI is InChI=1S/C13H17F2N/c14-13(15)12(16)8-10-6-3-5-9-4-1-2-7-11(9)10/h1-2,4,7,10,12-13H,3,5-6,8,16H2. The molecular weight excluding hydrogens is 208 g/mol. The molecule has 0 saturated carbocycles. The first-order chi connectivity index (χ1) is 7.68. The second kappa shape index (κ2) is 4.91. The van der Waals surface area contributed by atoms with Crippen LogP contribution in [-0.4, -0.2) is 12.5 Å². The molecule has 1 nitrogen and oxygen atoms in total. The van der Waals surface area contributed by atoms with Crippen LogP contribution in [-0.2, 0) is 6.42 Å². The van der Waals surface area contributed by atoms with Gasteiger partial charge in [-0.25, -0.2) is 8.78 Å². The summed E-state index contributed by atoms with van der Waals surface area (Å²) in [7, 11) is 0. The highest BCUT2D eigenvalue weighted by atomic mass is 19.3. The maximum Gasteiger partial charge on any atom is 0.253 e. The van der Waals surface area contributed by atoms with Crippen molar-refractivity contribution in [2.24, 2.45) is 5.73 Å². The Kier molecular flexibility index (Phi) is 3.54. The summed E-state index contributed by atoms with van der Waals surface area (Å²) in [5.74, 6) is 0.217. The summed E-state index contributed by atoms with van der Waals surface area (Å²) in [6.45, 7) is 0. The lowest BCUT2D eigenvalue weighted by Gasteiger charge is -2.27. The molecular formula is C13H17F2N. The topological polar surface area (TPSA) is 26.0 Å². The van der Waals surface area contributed by atoms with Crippen molar-refractivity contribution in [3.63, 3.8) is 0 Å². The van der Waals surface area contributed by atoms with Crippen molar-refractivity contribution in [1.29, 1.82) is 0 Å². The van der Waals surface area contributed by atoms with Gasteiger partial charge in [0.25, 0.3) is 6.43 Å². The molecule has 0 spiro atoms. The molecule has 0 amide bonds. The molecule has 0 saturated heterocycles. The van der Waals surface area contributed by atoms with Gasteiger partial charge in [0, 0.05) is 0 Å². The van der Waals surface area contributed by atoms with Gasteiger partial charge in [-0.1, -0.05) is 24.3 Å². The van der Waals surface area contributed by atoms with E-state index in [-0.39, 0.29) is 5.92 Å². The second-order valence-corrected chi connectivity index (χ2v) is 4.52. The average molecular weight is 225 g/mol. The van der Waals surface area contributed by atoms with E-state index in [1.807, 2.05) is 12.1 Å². The Bertz CT molecular complexity index is 352. The first kappa shape index (κ1) is 11.5. The van der Waals surface area contributed by atoms with Crippen LogP contribution < -0.4 is 5.73 Å². The molecule has 16 heavy (non-hydrogen) atoms. The average Bonchev–Trinajstić information content (AvgIpc) is 2.29. The second-order valence-electron chi connectivity index (χ2n) is 4.52. The molecule has 1 aliphatic rings. The molecule has 0 aliphatic heterocycles. The quantitative estimate of drug-likeness (QED) is 0.840. The van der Waals surface area contributed by atoms with Crippen LogP contribution in [0.5, 0.6) is 0 Å². The van der Waals surface area contributed by atoms with E-state index in [9.17, 15) is 8.78 Å². The van der Waals surface area contributed by atoms with Gasteiger partial charge >= 0.3 is 0 Å². The van der Waals surface area contributed by atoms with Gasteiger partial charge in [0.2, 0.25) is 0 Å². The maximum atomic E-state index is 12.4. The largest absolute Gasteiger partial charge is 0.323 e. The minimum atomic E-state index is -2.41. The monoisotopic (exact) mass is 225 g/mol. The number of aryl methyl sites for hydroxylation is 1. The first-order valence-electron chi connectivity index (χ1n) is 5.80. The van der Waals surface area contributed by atoms with Crippen LogP contribution in [0.3, 0.4) is 0 Å². The molecule has 2 atom stereocenters. The smallest absolute Gasteiger partial charge is 0.253 e. The van der Waals surface area contributed by atoms with E-state index in [1.165, 1.54) is 11.1 Å². The van der Waals surface area contributed by atoms with Crippen LogP contribution in [0.4, 0.5) is 8.78 Å². The van der Waals surface area contributed by atoms with E-state index in [0.717, 1.165) is 19.3 Å². The van der Waals surface area contributed by atoms with Crippen LogP contribution in [0, 0.1) is 0 Å². The summed E-state index contributed by atoms with van der Waals surface area (Å²) in [5, 5.41) is 0. The molecule has 0 radical (unpaired) electrons. The molecule has 1 aliphatic carbocycles. The lowest BCUT2D eigenvalue weighted by atomic mass is 9.80. The number of hydrogen-bond acceptors (Lipinski definition) is 1. The summed E-state index contributed by atoms with van der Waals surface area (Å²) in [6.07, 6.45) is 1.12. The number of hydrogen-bond donors (Lipinski definition) is 1. The number of fused-ring (bicyclic) bond motifs is 1. The summed E-state index contributed by atoms with van der Waals surface area (Å²) in [4.78, 5) is 0. The number of halogens is 2. The Morgan fingerprint density at radius 2 is 2.06 bits per heavy atom. The Morgan fingerprint density at radius 3 is 2.81 bits per heavy atom. The van der Waals surface area contributed by atoms with Crippen molar-refractivity contribution in [3.8, 4) is 0 Å². The Balaban J connectivity index is 2.13. The van der Waals surface area contributed by atoms with Gasteiger partial charge in [0.05, 0.1) is 6.04 Å². The molecule has 2 rings (SSSR count). The highest BCUT2D eigenvalue weighted by Crippen LogP contribution is 2.34. The molecule has 0 heterocycles.